The van der Waals surface area contributed by atoms with Gasteiger partial charge in [-0.25, -0.2) is 0 Å². The van der Waals surface area contributed by atoms with Crippen molar-refractivity contribution in [1.82, 2.24) is 4.90 Å². The van der Waals surface area contributed by atoms with Crippen molar-refractivity contribution in [2.45, 2.75) is 12.8 Å². The summed E-state index contributed by atoms with van der Waals surface area (Å²) in [5.41, 5.74) is 0. The van der Waals surface area contributed by atoms with Crippen molar-refractivity contribution in [2.24, 2.45) is 23.7 Å². The van der Waals surface area contributed by atoms with Crippen LogP contribution in [0.2, 0.25) is 0 Å². The summed E-state index contributed by atoms with van der Waals surface area (Å²) in [4.78, 5) is 25.9. The van der Waals surface area contributed by atoms with Crippen LogP contribution >= 0.6 is 22.6 Å². The number of hydrogen-bond acceptors (Lipinski definition) is 2. The molecule has 4 unspecified atom stereocenters. The average Bonchev–Trinajstić information content (AvgIpc) is 2.58. The van der Waals surface area contributed by atoms with Crippen LogP contribution in [0.25, 0.3) is 0 Å². The standard InChI is InChI=1S/C12H14INO2/c13-5-6-14-11(15)9-7-1-2-8(4-3-7)10(9)12(14)16/h1-2,7-10H,3-6H2. The Morgan fingerprint density at radius 3 is 2.00 bits per heavy atom. The normalized spacial score (nSPS) is 40.7. The highest BCUT2D eigenvalue weighted by atomic mass is 127. The van der Waals surface area contributed by atoms with Crippen LogP contribution in [0.4, 0.5) is 0 Å². The van der Waals surface area contributed by atoms with E-state index in [1.54, 1.807) is 0 Å². The topological polar surface area (TPSA) is 37.4 Å². The summed E-state index contributed by atoms with van der Waals surface area (Å²) >= 11 is 2.22. The zero-order valence-corrected chi connectivity index (χ0v) is 11.1. The van der Waals surface area contributed by atoms with Crippen LogP contribution in [-0.4, -0.2) is 27.7 Å². The maximum absolute atomic E-state index is 12.2. The number of nitrogens with zero attached hydrogens (tertiary/aromatic N) is 1. The fraction of sp³-hybridized carbons (Fsp3) is 0.667. The van der Waals surface area contributed by atoms with E-state index in [1.807, 2.05) is 0 Å². The zero-order chi connectivity index (χ0) is 11.3. The van der Waals surface area contributed by atoms with E-state index in [1.165, 1.54) is 4.90 Å². The molecule has 2 bridgehead atoms. The first-order chi connectivity index (χ1) is 7.74. The number of carbonyl (C=O) groups is 2. The molecule has 3 aliphatic carbocycles. The van der Waals surface area contributed by atoms with Crippen LogP contribution in [0.3, 0.4) is 0 Å². The maximum atomic E-state index is 12.2. The molecule has 4 aliphatic rings. The molecule has 16 heavy (non-hydrogen) atoms. The molecule has 0 aromatic heterocycles. The predicted octanol–water partition coefficient (Wildman–Crippen LogP) is 1.62. The quantitative estimate of drug-likeness (QED) is 0.334. The largest absolute Gasteiger partial charge is 0.281 e. The number of allylic oxidation sites excluding steroid dienone is 2. The van der Waals surface area contributed by atoms with E-state index >= 15 is 0 Å². The summed E-state index contributed by atoms with van der Waals surface area (Å²) in [5, 5.41) is 0. The van der Waals surface area contributed by atoms with Crippen molar-refractivity contribution in [3.8, 4) is 0 Å². The zero-order valence-electron chi connectivity index (χ0n) is 8.93. The lowest BCUT2D eigenvalue weighted by molar-refractivity contribution is -0.139. The lowest BCUT2D eigenvalue weighted by Gasteiger charge is -2.38. The first-order valence-corrected chi connectivity index (χ1v) is 7.36. The lowest BCUT2D eigenvalue weighted by atomic mass is 9.63. The van der Waals surface area contributed by atoms with Gasteiger partial charge in [0, 0.05) is 11.0 Å². The molecule has 0 spiro atoms. The molecular weight excluding hydrogens is 317 g/mol. The smallest absolute Gasteiger partial charge is 0.233 e. The number of imide groups is 1. The minimum absolute atomic E-state index is 0.0285. The highest BCUT2D eigenvalue weighted by Crippen LogP contribution is 2.49. The van der Waals surface area contributed by atoms with Crippen LogP contribution in [0.1, 0.15) is 12.8 Å². The molecule has 1 heterocycles. The van der Waals surface area contributed by atoms with Gasteiger partial charge >= 0.3 is 0 Å². The lowest BCUT2D eigenvalue weighted by Crippen LogP contribution is -2.38. The Kier molecular flexibility index (Phi) is 2.57. The minimum atomic E-state index is -0.0285. The van der Waals surface area contributed by atoms with Crippen molar-refractivity contribution in [1.29, 1.82) is 0 Å². The third kappa shape index (κ3) is 1.31. The summed E-state index contributed by atoms with van der Waals surface area (Å²) in [5.74, 6) is 0.770. The molecule has 86 valence electrons. The maximum Gasteiger partial charge on any atom is 0.233 e. The predicted molar refractivity (Wildman–Crippen MR) is 67.9 cm³/mol. The highest BCUT2D eigenvalue weighted by Gasteiger charge is 2.56. The van der Waals surface area contributed by atoms with E-state index in [0.29, 0.717) is 18.4 Å². The molecule has 4 rings (SSSR count). The third-order valence-corrected chi connectivity index (χ3v) is 4.64. The van der Waals surface area contributed by atoms with Crippen LogP contribution in [0.15, 0.2) is 12.2 Å². The summed E-state index contributed by atoms with van der Waals surface area (Å²) in [6.45, 7) is 0.588. The number of halogens is 1. The second-order valence-corrected chi connectivity index (χ2v) is 5.94. The van der Waals surface area contributed by atoms with Gasteiger partial charge in [0.2, 0.25) is 11.8 Å². The Morgan fingerprint density at radius 2 is 1.62 bits per heavy atom. The van der Waals surface area contributed by atoms with Gasteiger partial charge in [0.05, 0.1) is 11.8 Å². The summed E-state index contributed by atoms with van der Waals surface area (Å²) in [6, 6.07) is 0. The number of amides is 2. The summed E-state index contributed by atoms with van der Waals surface area (Å²) in [6.07, 6.45) is 6.49. The van der Waals surface area contributed by atoms with Gasteiger partial charge in [-0.05, 0) is 24.7 Å². The van der Waals surface area contributed by atoms with E-state index in [4.69, 9.17) is 0 Å². The van der Waals surface area contributed by atoms with Crippen molar-refractivity contribution >= 4 is 34.4 Å². The SMILES string of the molecule is O=C1C2C3C=CC(CC3)C2C(=O)N1CCI. The van der Waals surface area contributed by atoms with Gasteiger partial charge in [0.15, 0.2) is 0 Å². The molecule has 0 aromatic carbocycles. The Balaban J connectivity index is 1.95. The molecule has 1 saturated carbocycles. The van der Waals surface area contributed by atoms with E-state index in [9.17, 15) is 9.59 Å². The van der Waals surface area contributed by atoms with Crippen molar-refractivity contribution in [2.75, 3.05) is 11.0 Å². The van der Waals surface area contributed by atoms with Gasteiger partial charge < -0.3 is 0 Å². The molecule has 4 atom stereocenters. The highest BCUT2D eigenvalue weighted by molar-refractivity contribution is 14.1. The van der Waals surface area contributed by atoms with E-state index in [-0.39, 0.29) is 23.7 Å². The van der Waals surface area contributed by atoms with Crippen molar-refractivity contribution < 1.29 is 9.59 Å². The van der Waals surface area contributed by atoms with Crippen LogP contribution < -0.4 is 0 Å². The molecule has 2 fully saturated rings. The number of likely N-dealkylation sites (tertiary alicyclic amines) is 1. The monoisotopic (exact) mass is 331 g/mol. The number of fused-ring (bicyclic) bond motifs is 1. The fourth-order valence-electron chi connectivity index (χ4n) is 3.44. The second kappa shape index (κ2) is 3.82. The van der Waals surface area contributed by atoms with Gasteiger partial charge in [-0.1, -0.05) is 34.7 Å². The molecule has 2 amide bonds. The van der Waals surface area contributed by atoms with Crippen molar-refractivity contribution in [3.05, 3.63) is 12.2 Å². The number of carbonyl (C=O) groups excluding carboxylic acids is 2. The number of alkyl halides is 1. The molecule has 3 nitrogen and oxygen atoms in total. The van der Waals surface area contributed by atoms with Crippen LogP contribution in [-0.2, 0) is 9.59 Å². The Hall–Kier alpha value is -0.390. The Morgan fingerprint density at radius 1 is 1.12 bits per heavy atom. The van der Waals surface area contributed by atoms with E-state index in [2.05, 4.69) is 34.7 Å². The Bertz CT molecular complexity index is 347. The molecular formula is C12H14INO2. The van der Waals surface area contributed by atoms with Gasteiger partial charge in [0.25, 0.3) is 0 Å². The molecule has 1 aliphatic heterocycles. The van der Waals surface area contributed by atoms with Crippen LogP contribution in [0.5, 0.6) is 0 Å². The second-order valence-electron chi connectivity index (χ2n) is 4.86. The van der Waals surface area contributed by atoms with Gasteiger partial charge in [-0.15, -0.1) is 0 Å². The third-order valence-electron chi connectivity index (χ3n) is 4.16. The van der Waals surface area contributed by atoms with Gasteiger partial charge in [-0.3, -0.25) is 14.5 Å². The number of rotatable bonds is 2. The fourth-order valence-corrected chi connectivity index (χ4v) is 3.92. The Labute approximate surface area is 108 Å². The molecule has 1 saturated heterocycles. The minimum Gasteiger partial charge on any atom is -0.281 e. The first kappa shape index (κ1) is 10.7. The molecule has 4 heteroatoms. The van der Waals surface area contributed by atoms with Crippen LogP contribution in [0, 0.1) is 23.7 Å². The van der Waals surface area contributed by atoms with Crippen molar-refractivity contribution in [3.63, 3.8) is 0 Å². The summed E-state index contributed by atoms with van der Waals surface area (Å²) in [7, 11) is 0. The molecule has 0 N–H and O–H groups in total. The molecule has 0 aromatic rings. The number of hydrogen-bond donors (Lipinski definition) is 0. The van der Waals surface area contributed by atoms with Gasteiger partial charge in [-0.2, -0.15) is 0 Å². The average molecular weight is 331 g/mol. The van der Waals surface area contributed by atoms with E-state index in [0.717, 1.165) is 17.3 Å². The van der Waals surface area contributed by atoms with E-state index < -0.39 is 0 Å². The van der Waals surface area contributed by atoms with Gasteiger partial charge in [0.1, 0.15) is 0 Å². The first-order valence-electron chi connectivity index (χ1n) is 5.83. The molecule has 0 radical (unpaired) electrons. The summed E-state index contributed by atoms with van der Waals surface area (Å²) < 4.78 is 0.831.